The van der Waals surface area contributed by atoms with Gasteiger partial charge in [-0.05, 0) is 25.5 Å². The molecule has 0 spiro atoms. The second-order valence-electron chi connectivity index (χ2n) is 6.10. The smallest absolute Gasteiger partial charge is 0.308 e. The summed E-state index contributed by atoms with van der Waals surface area (Å²) in [6.45, 7) is 3.42. The first-order valence-corrected chi connectivity index (χ1v) is 8.27. The lowest BCUT2D eigenvalue weighted by atomic mass is 10.0. The summed E-state index contributed by atoms with van der Waals surface area (Å²) in [4.78, 5) is 34.4. The molecule has 27 heavy (non-hydrogen) atoms. The van der Waals surface area contributed by atoms with Gasteiger partial charge < -0.3 is 10.1 Å². The summed E-state index contributed by atoms with van der Waals surface area (Å²) in [5.41, 5.74) is -0.156. The highest BCUT2D eigenvalue weighted by Gasteiger charge is 2.23. The molecule has 0 heterocycles. The molecule has 0 radical (unpaired) electrons. The standard InChI is InChI=1S/C19H19FN2O5/c1-12(2)27-18(23)11-17(13-6-4-3-5-7-13)21-19(24)15-9-8-14(22(25)26)10-16(15)20/h3-10,12,17H,11H2,1-2H3,(H,21,24). The fourth-order valence-corrected chi connectivity index (χ4v) is 2.45. The molecule has 0 bridgehead atoms. The molecule has 0 aliphatic heterocycles. The SMILES string of the molecule is CC(C)OC(=O)CC(NC(=O)c1ccc([N+](=O)[O-])cc1F)c1ccccc1. The molecule has 1 atom stereocenters. The van der Waals surface area contributed by atoms with E-state index in [-0.39, 0.29) is 18.1 Å². The Morgan fingerprint density at radius 3 is 2.41 bits per heavy atom. The Hall–Kier alpha value is -3.29. The minimum Gasteiger partial charge on any atom is -0.463 e. The van der Waals surface area contributed by atoms with Crippen LogP contribution in [0.5, 0.6) is 0 Å². The molecule has 2 aromatic rings. The number of esters is 1. The van der Waals surface area contributed by atoms with E-state index in [4.69, 9.17) is 4.74 Å². The van der Waals surface area contributed by atoms with Crippen molar-refractivity contribution in [2.45, 2.75) is 32.4 Å². The van der Waals surface area contributed by atoms with Crippen LogP contribution in [0.3, 0.4) is 0 Å². The Bertz CT molecular complexity index is 839. The van der Waals surface area contributed by atoms with Gasteiger partial charge in [0, 0.05) is 6.07 Å². The predicted octanol–water partition coefficient (Wildman–Crippen LogP) is 3.55. The number of benzene rings is 2. The Morgan fingerprint density at radius 1 is 1.19 bits per heavy atom. The van der Waals surface area contributed by atoms with Crippen molar-refractivity contribution in [1.29, 1.82) is 0 Å². The number of hydrogen-bond acceptors (Lipinski definition) is 5. The molecule has 0 aliphatic rings. The summed E-state index contributed by atoms with van der Waals surface area (Å²) < 4.78 is 19.2. The van der Waals surface area contributed by atoms with Crippen molar-refractivity contribution in [3.05, 3.63) is 75.6 Å². The third-order valence-corrected chi connectivity index (χ3v) is 3.65. The van der Waals surface area contributed by atoms with Gasteiger partial charge in [0.25, 0.3) is 11.6 Å². The Balaban J connectivity index is 2.23. The van der Waals surface area contributed by atoms with Crippen LogP contribution in [0.1, 0.15) is 42.2 Å². The number of nitrogens with one attached hydrogen (secondary N) is 1. The number of rotatable bonds is 7. The number of nitro benzene ring substituents is 1. The van der Waals surface area contributed by atoms with E-state index in [1.54, 1.807) is 44.2 Å². The van der Waals surface area contributed by atoms with Crippen molar-refractivity contribution in [3.63, 3.8) is 0 Å². The number of amides is 1. The van der Waals surface area contributed by atoms with Crippen LogP contribution in [0, 0.1) is 15.9 Å². The Morgan fingerprint density at radius 2 is 1.85 bits per heavy atom. The Labute approximate surface area is 155 Å². The van der Waals surface area contributed by atoms with Crippen LogP contribution in [-0.2, 0) is 9.53 Å². The van der Waals surface area contributed by atoms with Gasteiger partial charge in [0.1, 0.15) is 5.82 Å². The number of halogens is 1. The zero-order valence-corrected chi connectivity index (χ0v) is 14.8. The molecule has 0 aromatic heterocycles. The minimum absolute atomic E-state index is 0.136. The summed E-state index contributed by atoms with van der Waals surface area (Å²) in [7, 11) is 0. The highest BCUT2D eigenvalue weighted by molar-refractivity contribution is 5.95. The van der Waals surface area contributed by atoms with Gasteiger partial charge in [-0.3, -0.25) is 19.7 Å². The number of carbonyl (C=O) groups excluding carboxylic acids is 2. The van der Waals surface area contributed by atoms with Crippen LogP contribution >= 0.6 is 0 Å². The van der Waals surface area contributed by atoms with Gasteiger partial charge in [-0.2, -0.15) is 0 Å². The van der Waals surface area contributed by atoms with Crippen molar-refractivity contribution in [3.8, 4) is 0 Å². The summed E-state index contributed by atoms with van der Waals surface area (Å²) in [5.74, 6) is -2.31. The van der Waals surface area contributed by atoms with E-state index in [1.807, 2.05) is 0 Å². The molecule has 1 N–H and O–H groups in total. The highest BCUT2D eigenvalue weighted by Crippen LogP contribution is 2.21. The molecule has 142 valence electrons. The molecule has 2 aromatic carbocycles. The summed E-state index contributed by atoms with van der Waals surface area (Å²) >= 11 is 0. The molecule has 7 nitrogen and oxygen atoms in total. The lowest BCUT2D eigenvalue weighted by Crippen LogP contribution is -2.31. The topological polar surface area (TPSA) is 98.5 Å². The average molecular weight is 374 g/mol. The van der Waals surface area contributed by atoms with Gasteiger partial charge in [0.2, 0.25) is 0 Å². The summed E-state index contributed by atoms with van der Waals surface area (Å²) in [6, 6.07) is 10.7. The van der Waals surface area contributed by atoms with E-state index >= 15 is 0 Å². The van der Waals surface area contributed by atoms with Crippen molar-refractivity contribution in [2.75, 3.05) is 0 Å². The zero-order valence-electron chi connectivity index (χ0n) is 14.8. The predicted molar refractivity (Wildman–Crippen MR) is 95.5 cm³/mol. The number of non-ortho nitro benzene ring substituents is 1. The second kappa shape index (κ2) is 8.88. The van der Waals surface area contributed by atoms with Crippen LogP contribution in [-0.4, -0.2) is 22.9 Å². The molecule has 0 saturated carbocycles. The maximum atomic E-state index is 14.1. The zero-order chi connectivity index (χ0) is 20.0. The van der Waals surface area contributed by atoms with Crippen LogP contribution in [0.4, 0.5) is 10.1 Å². The number of carbonyl (C=O) groups is 2. The first-order chi connectivity index (χ1) is 12.8. The molecule has 2 rings (SSSR count). The number of ether oxygens (including phenoxy) is 1. The summed E-state index contributed by atoms with van der Waals surface area (Å²) in [5, 5.41) is 13.3. The number of nitrogens with zero attached hydrogens (tertiary/aromatic N) is 1. The molecule has 8 heteroatoms. The highest BCUT2D eigenvalue weighted by atomic mass is 19.1. The molecule has 0 aliphatic carbocycles. The van der Waals surface area contributed by atoms with Crippen molar-refractivity contribution < 1.29 is 23.6 Å². The molecule has 0 fully saturated rings. The van der Waals surface area contributed by atoms with E-state index in [2.05, 4.69) is 5.32 Å². The van der Waals surface area contributed by atoms with Gasteiger partial charge in [-0.15, -0.1) is 0 Å². The minimum atomic E-state index is -1.02. The Kier molecular flexibility index (Phi) is 6.59. The van der Waals surface area contributed by atoms with Crippen LogP contribution < -0.4 is 5.32 Å². The average Bonchev–Trinajstić information content (AvgIpc) is 2.60. The fraction of sp³-hybridized carbons (Fsp3) is 0.263. The quantitative estimate of drug-likeness (QED) is 0.454. The number of hydrogen-bond donors (Lipinski definition) is 1. The third kappa shape index (κ3) is 5.60. The van der Waals surface area contributed by atoms with Gasteiger partial charge in [-0.1, -0.05) is 30.3 Å². The van der Waals surface area contributed by atoms with Gasteiger partial charge in [0.05, 0.1) is 35.1 Å². The third-order valence-electron chi connectivity index (χ3n) is 3.65. The normalized spacial score (nSPS) is 11.7. The molecular weight excluding hydrogens is 355 g/mol. The van der Waals surface area contributed by atoms with E-state index in [0.29, 0.717) is 11.6 Å². The maximum Gasteiger partial charge on any atom is 0.308 e. The van der Waals surface area contributed by atoms with Gasteiger partial charge in [0.15, 0.2) is 0 Å². The molecule has 1 unspecified atom stereocenters. The lowest BCUT2D eigenvalue weighted by molar-refractivity contribution is -0.385. The monoisotopic (exact) mass is 374 g/mol. The van der Waals surface area contributed by atoms with Crippen LogP contribution in [0.25, 0.3) is 0 Å². The summed E-state index contributed by atoms with van der Waals surface area (Å²) in [6.07, 6.45) is -0.445. The van der Waals surface area contributed by atoms with Crippen LogP contribution in [0.2, 0.25) is 0 Å². The number of nitro groups is 1. The van der Waals surface area contributed by atoms with Gasteiger partial charge in [-0.25, -0.2) is 4.39 Å². The van der Waals surface area contributed by atoms with Crippen molar-refractivity contribution in [2.24, 2.45) is 0 Å². The second-order valence-corrected chi connectivity index (χ2v) is 6.10. The van der Waals surface area contributed by atoms with E-state index in [9.17, 15) is 24.1 Å². The first-order valence-electron chi connectivity index (χ1n) is 8.27. The molecule has 0 saturated heterocycles. The van der Waals surface area contributed by atoms with Crippen molar-refractivity contribution in [1.82, 2.24) is 5.32 Å². The largest absolute Gasteiger partial charge is 0.463 e. The van der Waals surface area contributed by atoms with Crippen molar-refractivity contribution >= 4 is 17.6 Å². The first kappa shape index (κ1) is 20.0. The van der Waals surface area contributed by atoms with Crippen LogP contribution in [0.15, 0.2) is 48.5 Å². The van der Waals surface area contributed by atoms with E-state index in [0.717, 1.165) is 12.1 Å². The van der Waals surface area contributed by atoms with E-state index in [1.165, 1.54) is 0 Å². The molecular formula is C19H19FN2O5. The maximum absolute atomic E-state index is 14.1. The fourth-order valence-electron chi connectivity index (χ4n) is 2.45. The van der Waals surface area contributed by atoms with Gasteiger partial charge >= 0.3 is 5.97 Å². The molecule has 1 amide bonds. The van der Waals surface area contributed by atoms with E-state index < -0.39 is 34.3 Å². The lowest BCUT2D eigenvalue weighted by Gasteiger charge is -2.19.